The number of ether oxygens (including phenoxy) is 2. The van der Waals surface area contributed by atoms with Crippen molar-refractivity contribution in [1.82, 2.24) is 15.6 Å². The van der Waals surface area contributed by atoms with Gasteiger partial charge in [0.05, 0.1) is 43.0 Å². The second-order valence-corrected chi connectivity index (χ2v) is 16.1. The van der Waals surface area contributed by atoms with Gasteiger partial charge in [-0.2, -0.15) is 0 Å². The van der Waals surface area contributed by atoms with Gasteiger partial charge in [-0.15, -0.1) is 11.3 Å². The van der Waals surface area contributed by atoms with E-state index in [1.165, 1.54) is 38.7 Å². The summed E-state index contributed by atoms with van der Waals surface area (Å²) in [7, 11) is -1.01. The van der Waals surface area contributed by atoms with Crippen molar-refractivity contribution in [3.63, 3.8) is 0 Å². The molecule has 0 aliphatic rings. The van der Waals surface area contributed by atoms with Gasteiger partial charge in [-0.1, -0.05) is 66.7 Å². The Bertz CT molecular complexity index is 1790. The van der Waals surface area contributed by atoms with E-state index in [1.807, 2.05) is 0 Å². The summed E-state index contributed by atoms with van der Waals surface area (Å²) < 4.78 is 30.9. The third-order valence-corrected chi connectivity index (χ3v) is 11.6. The number of aromatic nitrogens is 1. The Hall–Kier alpha value is -4.36. The highest BCUT2D eigenvalue weighted by Crippen LogP contribution is 2.45. The summed E-state index contributed by atoms with van der Waals surface area (Å²) in [5.74, 6) is -3.53. The van der Waals surface area contributed by atoms with Gasteiger partial charge in [0, 0.05) is 31.2 Å². The lowest BCUT2D eigenvalue weighted by molar-refractivity contribution is -0.143. The maximum atomic E-state index is 14.4. The van der Waals surface area contributed by atoms with Gasteiger partial charge < -0.3 is 29.7 Å². The number of aryl methyl sites for hydroxylation is 1. The summed E-state index contributed by atoms with van der Waals surface area (Å²) in [4.78, 5) is 58.7. The minimum absolute atomic E-state index is 0.000859. The number of aliphatic hydroxyl groups is 1. The van der Waals surface area contributed by atoms with Gasteiger partial charge in [-0.05, 0) is 50.1 Å². The number of hydrogen-bond donors (Lipinski definition) is 3. The fourth-order valence-corrected chi connectivity index (χ4v) is 8.29. The third kappa shape index (κ3) is 10.8. The highest BCUT2D eigenvalue weighted by atomic mass is 32.1. The molecule has 0 radical (unpaired) electrons. The van der Waals surface area contributed by atoms with Crippen LogP contribution in [0.25, 0.3) is 0 Å². The van der Waals surface area contributed by atoms with Crippen molar-refractivity contribution in [1.29, 1.82) is 0 Å². The second-order valence-electron chi connectivity index (χ2n) is 12.4. The number of carbonyl (C=O) groups is 4. The first kappa shape index (κ1) is 40.4. The number of rotatable bonds is 20. The Kier molecular flexibility index (Phi) is 14.7. The van der Waals surface area contributed by atoms with Crippen LogP contribution in [-0.4, -0.2) is 85.2 Å². The summed E-state index contributed by atoms with van der Waals surface area (Å²) in [6.45, 7) is 2.04. The van der Waals surface area contributed by atoms with Crippen LogP contribution in [0, 0.1) is 12.8 Å². The molecule has 0 aliphatic carbocycles. The molecule has 0 aliphatic heterocycles. The Morgan fingerprint density at radius 3 is 1.92 bits per heavy atom. The molecule has 3 aromatic carbocycles. The monoisotopic (exact) mass is 749 g/mol. The zero-order chi connectivity index (χ0) is 37.7. The van der Waals surface area contributed by atoms with E-state index in [0.29, 0.717) is 26.1 Å². The fourth-order valence-electron chi connectivity index (χ4n) is 5.45. The number of carbonyl (C=O) groups excluding carboxylic acids is 4. The average molecular weight is 750 g/mol. The van der Waals surface area contributed by atoms with Crippen LogP contribution >= 0.6 is 18.7 Å². The van der Waals surface area contributed by atoms with E-state index >= 15 is 0 Å². The summed E-state index contributed by atoms with van der Waals surface area (Å²) >= 11 is 1.17. The number of methoxy groups -OCH3 is 2. The number of Topliss-reactive ketones (excluding diaryl/α,β-unsaturated/α-hetero) is 2. The molecule has 0 bridgehead atoms. The molecule has 2 amide bonds. The van der Waals surface area contributed by atoms with Gasteiger partial charge >= 0.3 is 0 Å². The van der Waals surface area contributed by atoms with Crippen molar-refractivity contribution in [3.8, 4) is 0 Å². The number of nitrogens with zero attached hydrogens (tertiary/aromatic N) is 1. The lowest BCUT2D eigenvalue weighted by Crippen LogP contribution is -2.55. The minimum Gasteiger partial charge on any atom is -0.384 e. The van der Waals surface area contributed by atoms with Gasteiger partial charge in [-0.3, -0.25) is 23.7 Å². The van der Waals surface area contributed by atoms with E-state index in [0.717, 1.165) is 0 Å². The average Bonchev–Trinajstić information content (AvgIpc) is 3.60. The number of ketones is 2. The molecule has 276 valence electrons. The standard InChI is InChI=1S/C38H44N3O9PS/c1-26-39-22-34(52-26)37(45)41-32(24-49-4)33(42)21-28(23-48-3)36(44)40-31(20-27-14-8-5-9-15-27)35(43)38(2,46)25-50-51(47,29-16-10-6-11-17-29)30-18-12-7-13-19-30/h5-19,22,28,31-32,46H,20-21,23-25H2,1-4H3,(H,40,44)(H,41,45)/t28-,31-,32-,38+/m0/s1. The predicted molar refractivity (Wildman–Crippen MR) is 198 cm³/mol. The van der Waals surface area contributed by atoms with Crippen LogP contribution in [0.15, 0.2) is 97.2 Å². The molecule has 4 aromatic rings. The fraction of sp³-hybridized carbons (Fsp3) is 0.342. The molecule has 4 rings (SSSR count). The highest BCUT2D eigenvalue weighted by molar-refractivity contribution is 7.74. The van der Waals surface area contributed by atoms with Crippen molar-refractivity contribution < 1.29 is 42.8 Å². The van der Waals surface area contributed by atoms with Crippen LogP contribution in [0.2, 0.25) is 0 Å². The largest absolute Gasteiger partial charge is 0.384 e. The number of benzene rings is 3. The molecule has 4 atom stereocenters. The Morgan fingerprint density at radius 1 is 0.846 bits per heavy atom. The Balaban J connectivity index is 1.54. The van der Waals surface area contributed by atoms with Crippen molar-refractivity contribution in [3.05, 3.63) is 113 Å². The Morgan fingerprint density at radius 2 is 1.40 bits per heavy atom. The molecule has 0 unspecified atom stereocenters. The summed E-state index contributed by atoms with van der Waals surface area (Å²) in [5.41, 5.74) is -1.51. The van der Waals surface area contributed by atoms with Crippen LogP contribution in [0.4, 0.5) is 0 Å². The van der Waals surface area contributed by atoms with E-state index in [9.17, 15) is 28.8 Å². The maximum absolute atomic E-state index is 14.4. The number of thiazole rings is 1. The maximum Gasteiger partial charge on any atom is 0.263 e. The van der Waals surface area contributed by atoms with E-state index in [4.69, 9.17) is 14.0 Å². The first-order valence-corrected chi connectivity index (χ1v) is 19.0. The first-order valence-electron chi connectivity index (χ1n) is 16.6. The molecule has 52 heavy (non-hydrogen) atoms. The normalized spacial score (nSPS) is 14.4. The van der Waals surface area contributed by atoms with Crippen LogP contribution in [0.1, 0.15) is 33.6 Å². The smallest absolute Gasteiger partial charge is 0.263 e. The quantitative estimate of drug-likeness (QED) is 0.114. The van der Waals surface area contributed by atoms with Crippen molar-refractivity contribution in [2.75, 3.05) is 34.0 Å². The van der Waals surface area contributed by atoms with Crippen LogP contribution in [-0.2, 0) is 39.4 Å². The molecule has 14 heteroatoms. The molecule has 1 heterocycles. The van der Waals surface area contributed by atoms with Gasteiger partial charge in [-0.25, -0.2) is 4.98 Å². The molecule has 0 saturated carbocycles. The molecule has 3 N–H and O–H groups in total. The van der Waals surface area contributed by atoms with Gasteiger partial charge in [0.15, 0.2) is 11.6 Å². The summed E-state index contributed by atoms with van der Waals surface area (Å²) in [5, 5.41) is 18.5. The summed E-state index contributed by atoms with van der Waals surface area (Å²) in [6.07, 6.45) is 1.07. The van der Waals surface area contributed by atoms with Crippen LogP contribution in [0.3, 0.4) is 0 Å². The van der Waals surface area contributed by atoms with Gasteiger partial charge in [0.2, 0.25) is 5.91 Å². The zero-order valence-electron chi connectivity index (χ0n) is 29.5. The van der Waals surface area contributed by atoms with E-state index in [1.54, 1.807) is 97.9 Å². The second kappa shape index (κ2) is 18.9. The predicted octanol–water partition coefficient (Wildman–Crippen LogP) is 3.41. The minimum atomic E-state index is -3.77. The lowest BCUT2D eigenvalue weighted by atomic mass is 9.90. The number of amides is 2. The molecular formula is C38H44N3O9PS. The topological polar surface area (TPSA) is 170 Å². The SMILES string of the molecule is COC[C@H](CC(=O)[C@H](COC)NC(=O)c1cnc(C)s1)C(=O)N[C@@H](Cc1ccccc1)C(=O)[C@](C)(O)COP(=O)(c1ccccc1)c1ccccc1. The molecular weight excluding hydrogens is 705 g/mol. The number of nitrogens with one attached hydrogen (secondary N) is 2. The van der Waals surface area contributed by atoms with Crippen molar-refractivity contribution >= 4 is 52.7 Å². The Labute approximate surface area is 307 Å². The molecule has 0 saturated heterocycles. The molecule has 0 fully saturated rings. The van der Waals surface area contributed by atoms with E-state index in [-0.39, 0.29) is 26.1 Å². The van der Waals surface area contributed by atoms with E-state index in [2.05, 4.69) is 15.6 Å². The molecule has 0 spiro atoms. The first-order chi connectivity index (χ1) is 24.9. The highest BCUT2D eigenvalue weighted by Gasteiger charge is 2.41. The van der Waals surface area contributed by atoms with Crippen molar-refractivity contribution in [2.45, 2.75) is 44.4 Å². The molecule has 1 aromatic heterocycles. The number of hydrogen-bond acceptors (Lipinski definition) is 11. The summed E-state index contributed by atoms with van der Waals surface area (Å²) in [6, 6.07) is 23.6. The van der Waals surface area contributed by atoms with Crippen LogP contribution in [0.5, 0.6) is 0 Å². The zero-order valence-corrected chi connectivity index (χ0v) is 31.2. The van der Waals surface area contributed by atoms with Gasteiger partial charge in [0.1, 0.15) is 16.5 Å². The van der Waals surface area contributed by atoms with Crippen molar-refractivity contribution in [2.24, 2.45) is 5.92 Å². The van der Waals surface area contributed by atoms with E-state index < -0.39 is 61.0 Å². The van der Waals surface area contributed by atoms with Crippen LogP contribution < -0.4 is 21.2 Å². The third-order valence-electron chi connectivity index (χ3n) is 8.22. The molecule has 12 nitrogen and oxygen atoms in total. The van der Waals surface area contributed by atoms with Gasteiger partial charge in [0.25, 0.3) is 13.3 Å². The lowest BCUT2D eigenvalue weighted by Gasteiger charge is -2.30.